The van der Waals surface area contributed by atoms with Crippen LogP contribution in [0.1, 0.15) is 6.92 Å². The van der Waals surface area contributed by atoms with E-state index in [1.54, 1.807) is 31.2 Å². The van der Waals surface area contributed by atoms with E-state index in [-0.39, 0.29) is 13.2 Å². The summed E-state index contributed by atoms with van der Waals surface area (Å²) in [4.78, 5) is 14.7. The van der Waals surface area contributed by atoms with Gasteiger partial charge in [0.15, 0.2) is 0 Å². The van der Waals surface area contributed by atoms with Gasteiger partial charge in [-0.3, -0.25) is 0 Å². The average molecular weight is 256 g/mol. The highest BCUT2D eigenvalue weighted by atomic mass is 28.4. The second-order valence-corrected chi connectivity index (χ2v) is 4.74. The Morgan fingerprint density at radius 1 is 1.35 bits per heavy atom. The van der Waals surface area contributed by atoms with E-state index in [4.69, 9.17) is 18.3 Å². The lowest BCUT2D eigenvalue weighted by Crippen LogP contribution is -2.49. The van der Waals surface area contributed by atoms with Gasteiger partial charge in [0.1, 0.15) is 5.75 Å². The third-order valence-corrected chi connectivity index (χ3v) is 3.01. The first-order chi connectivity index (χ1) is 8.20. The van der Waals surface area contributed by atoms with Crippen molar-refractivity contribution in [2.75, 3.05) is 13.2 Å². The lowest BCUT2D eigenvalue weighted by atomic mass is 10.3. The molecule has 0 saturated carbocycles. The molecule has 1 aromatic rings. The van der Waals surface area contributed by atoms with Crippen molar-refractivity contribution in [2.24, 2.45) is 0 Å². The Balaban J connectivity index is 2.64. The minimum absolute atomic E-state index is 0.114. The minimum Gasteiger partial charge on any atom is -0.479 e. The molecule has 0 fully saturated rings. The molecule has 5 nitrogen and oxygen atoms in total. The topological polar surface area (TPSA) is 57.2 Å². The van der Waals surface area contributed by atoms with Gasteiger partial charge in [-0.2, -0.15) is 4.58 Å². The van der Waals surface area contributed by atoms with Crippen LogP contribution in [0.5, 0.6) is 5.75 Å². The summed E-state index contributed by atoms with van der Waals surface area (Å²) in [5, 5.41) is 0. The Morgan fingerprint density at radius 2 is 2.06 bits per heavy atom. The van der Waals surface area contributed by atoms with Gasteiger partial charge in [-0.1, -0.05) is 24.3 Å². The van der Waals surface area contributed by atoms with Gasteiger partial charge in [0.2, 0.25) is 0 Å². The van der Waals surface area contributed by atoms with Gasteiger partial charge in [-0.25, -0.2) is 4.89 Å². The Hall–Kier alpha value is -1.18. The molecular weight excluding hydrogens is 240 g/mol. The molecule has 0 aliphatic carbocycles. The highest BCUT2D eigenvalue weighted by molar-refractivity contribution is 6.52. The molecule has 0 amide bonds. The number of benzene rings is 1. The summed E-state index contributed by atoms with van der Waals surface area (Å²) in [6.07, 6.45) is 1.49. The number of rotatable bonds is 8. The Labute approximate surface area is 102 Å². The fourth-order valence-electron chi connectivity index (χ4n) is 1.01. The van der Waals surface area contributed by atoms with Crippen LogP contribution >= 0.6 is 0 Å². The standard InChI is InChI=1S/C11H16O5Si/c1-3-10-14-17(12,16-13-4-2)15-11-8-6-5-7-9-11/h3,5-9,12H,1,4,10H2,2H3. The molecule has 0 saturated heterocycles. The monoisotopic (exact) mass is 256 g/mol. The molecule has 17 heavy (non-hydrogen) atoms. The molecule has 1 atom stereocenters. The van der Waals surface area contributed by atoms with Crippen LogP contribution < -0.4 is 4.43 Å². The third kappa shape index (κ3) is 5.11. The van der Waals surface area contributed by atoms with E-state index in [9.17, 15) is 4.80 Å². The summed E-state index contributed by atoms with van der Waals surface area (Å²) >= 11 is 0. The highest BCUT2D eigenvalue weighted by Crippen LogP contribution is 2.15. The predicted octanol–water partition coefficient (Wildman–Crippen LogP) is 1.66. The fraction of sp³-hybridized carbons (Fsp3) is 0.273. The predicted molar refractivity (Wildman–Crippen MR) is 63.9 cm³/mol. The van der Waals surface area contributed by atoms with E-state index in [0.717, 1.165) is 0 Å². The Morgan fingerprint density at radius 3 is 2.65 bits per heavy atom. The first kappa shape index (κ1) is 13.9. The lowest BCUT2D eigenvalue weighted by molar-refractivity contribution is -0.259. The third-order valence-electron chi connectivity index (χ3n) is 1.66. The Bertz CT molecular complexity index is 332. The number of hydrogen-bond donors (Lipinski definition) is 1. The van der Waals surface area contributed by atoms with Crippen molar-refractivity contribution in [3.63, 3.8) is 0 Å². The summed E-state index contributed by atoms with van der Waals surface area (Å²) in [6.45, 7) is 5.61. The van der Waals surface area contributed by atoms with Crippen LogP contribution in [0.25, 0.3) is 0 Å². The molecule has 0 aliphatic heterocycles. The largest absolute Gasteiger partial charge is 0.775 e. The molecule has 1 unspecified atom stereocenters. The molecule has 1 aromatic carbocycles. The number of hydrogen-bond acceptors (Lipinski definition) is 5. The molecular formula is C11H16O5Si. The van der Waals surface area contributed by atoms with E-state index in [0.29, 0.717) is 5.75 Å². The van der Waals surface area contributed by atoms with Gasteiger partial charge in [-0.05, 0) is 19.1 Å². The minimum atomic E-state index is -3.83. The van der Waals surface area contributed by atoms with Gasteiger partial charge in [0.25, 0.3) is 0 Å². The van der Waals surface area contributed by atoms with E-state index in [2.05, 4.69) is 6.58 Å². The van der Waals surface area contributed by atoms with Crippen LogP contribution in [0, 0.1) is 0 Å². The molecule has 1 rings (SSSR count). The van der Waals surface area contributed by atoms with Crippen LogP contribution in [0.3, 0.4) is 0 Å². The SMILES string of the molecule is C=CCO[Si](O)(OOCC)Oc1ccccc1. The average Bonchev–Trinajstić information content (AvgIpc) is 2.35. The highest BCUT2D eigenvalue weighted by Gasteiger charge is 2.46. The molecule has 0 bridgehead atoms. The van der Waals surface area contributed by atoms with Crippen LogP contribution in [-0.4, -0.2) is 27.1 Å². The summed E-state index contributed by atoms with van der Waals surface area (Å²) < 4.78 is 15.2. The molecule has 6 heteroatoms. The zero-order valence-corrected chi connectivity index (χ0v) is 10.7. The molecule has 0 heterocycles. The van der Waals surface area contributed by atoms with Crippen molar-refractivity contribution in [3.8, 4) is 5.75 Å². The first-order valence-electron chi connectivity index (χ1n) is 5.22. The lowest BCUT2D eigenvalue weighted by Gasteiger charge is -2.21. The normalized spacial score (nSPS) is 14.0. The van der Waals surface area contributed by atoms with Crippen molar-refractivity contribution in [1.29, 1.82) is 0 Å². The van der Waals surface area contributed by atoms with Gasteiger partial charge < -0.3 is 13.6 Å². The van der Waals surface area contributed by atoms with Crippen molar-refractivity contribution in [1.82, 2.24) is 0 Å². The second kappa shape index (κ2) is 7.20. The molecule has 94 valence electrons. The number of para-hydroxylation sites is 1. The van der Waals surface area contributed by atoms with Crippen molar-refractivity contribution in [3.05, 3.63) is 43.0 Å². The second-order valence-electron chi connectivity index (χ2n) is 3.03. The maximum atomic E-state index is 10.0. The summed E-state index contributed by atoms with van der Waals surface area (Å²) in [7, 11) is -3.83. The van der Waals surface area contributed by atoms with Crippen LogP contribution in [0.2, 0.25) is 0 Å². The Kier molecular flexibility index (Phi) is 5.88. The van der Waals surface area contributed by atoms with Crippen LogP contribution in [0.4, 0.5) is 0 Å². The summed E-state index contributed by atoms with van der Waals surface area (Å²) in [5.74, 6) is 0.449. The van der Waals surface area contributed by atoms with E-state index in [1.807, 2.05) is 6.07 Å². The first-order valence-corrected chi connectivity index (χ1v) is 6.89. The zero-order valence-electron chi connectivity index (χ0n) is 9.67. The van der Waals surface area contributed by atoms with Gasteiger partial charge >= 0.3 is 9.05 Å². The summed E-state index contributed by atoms with van der Waals surface area (Å²) in [6, 6.07) is 8.76. The van der Waals surface area contributed by atoms with E-state index >= 15 is 0 Å². The fourth-order valence-corrected chi connectivity index (χ4v) is 2.18. The van der Waals surface area contributed by atoms with Gasteiger partial charge in [0, 0.05) is 0 Å². The van der Waals surface area contributed by atoms with Crippen LogP contribution in [0.15, 0.2) is 43.0 Å². The van der Waals surface area contributed by atoms with Crippen molar-refractivity contribution < 1.29 is 23.1 Å². The van der Waals surface area contributed by atoms with E-state index in [1.165, 1.54) is 6.08 Å². The molecule has 0 aromatic heterocycles. The molecule has 1 N–H and O–H groups in total. The van der Waals surface area contributed by atoms with Crippen molar-refractivity contribution >= 4 is 9.05 Å². The molecule has 0 aliphatic rings. The van der Waals surface area contributed by atoms with Crippen molar-refractivity contribution in [2.45, 2.75) is 6.92 Å². The van der Waals surface area contributed by atoms with Crippen LogP contribution in [-0.2, 0) is 13.9 Å². The van der Waals surface area contributed by atoms with Gasteiger partial charge in [0.05, 0.1) is 13.2 Å². The molecule has 0 radical (unpaired) electrons. The molecule has 0 spiro atoms. The maximum Gasteiger partial charge on any atom is 0.775 e. The maximum absolute atomic E-state index is 10.0. The van der Waals surface area contributed by atoms with Gasteiger partial charge in [-0.15, -0.1) is 6.58 Å². The quantitative estimate of drug-likeness (QED) is 0.332. The van der Waals surface area contributed by atoms with E-state index < -0.39 is 9.05 Å². The summed E-state index contributed by atoms with van der Waals surface area (Å²) in [5.41, 5.74) is 0. The smallest absolute Gasteiger partial charge is 0.479 e. The zero-order chi connectivity index (χ0) is 12.6.